The monoisotopic (exact) mass is 488 g/mol. The zero-order valence-electron chi connectivity index (χ0n) is 20.7. The van der Waals surface area contributed by atoms with Crippen molar-refractivity contribution in [3.05, 3.63) is 83.4 Å². The number of halogens is 1. The number of aliphatic hydroxyl groups is 1. The van der Waals surface area contributed by atoms with Gasteiger partial charge < -0.3 is 10.4 Å². The van der Waals surface area contributed by atoms with Gasteiger partial charge in [-0.2, -0.15) is 10.2 Å². The van der Waals surface area contributed by atoms with Crippen LogP contribution in [0.3, 0.4) is 0 Å². The Morgan fingerprint density at radius 3 is 2.64 bits per heavy atom. The Kier molecular flexibility index (Phi) is 5.88. The van der Waals surface area contributed by atoms with Crippen LogP contribution in [-0.4, -0.2) is 36.8 Å². The third kappa shape index (κ3) is 4.26. The third-order valence-electron chi connectivity index (χ3n) is 6.80. The van der Waals surface area contributed by atoms with Crippen LogP contribution >= 0.6 is 0 Å². The predicted molar refractivity (Wildman–Crippen MR) is 135 cm³/mol. The first-order valence-electron chi connectivity index (χ1n) is 11.8. The number of benzene rings is 2. The average molecular weight is 489 g/mol. The molecular weight excluding hydrogens is 459 g/mol. The van der Waals surface area contributed by atoms with Gasteiger partial charge in [-0.25, -0.2) is 13.9 Å². The minimum Gasteiger partial charge on any atom is -0.391 e. The van der Waals surface area contributed by atoms with E-state index in [0.29, 0.717) is 23.5 Å². The van der Waals surface area contributed by atoms with Crippen LogP contribution in [0.4, 0.5) is 15.0 Å². The molecule has 0 saturated heterocycles. The molecule has 0 spiro atoms. The molecule has 0 saturated carbocycles. The summed E-state index contributed by atoms with van der Waals surface area (Å²) in [5, 5.41) is 25.7. The highest BCUT2D eigenvalue weighted by Gasteiger charge is 2.39. The Bertz CT molecular complexity index is 1430. The van der Waals surface area contributed by atoms with E-state index in [2.05, 4.69) is 15.7 Å². The van der Waals surface area contributed by atoms with Gasteiger partial charge in [0.1, 0.15) is 17.3 Å². The van der Waals surface area contributed by atoms with Gasteiger partial charge in [0.05, 0.1) is 24.0 Å². The van der Waals surface area contributed by atoms with E-state index in [1.807, 2.05) is 64.3 Å². The Morgan fingerprint density at radius 1 is 1.19 bits per heavy atom. The van der Waals surface area contributed by atoms with Gasteiger partial charge in [0, 0.05) is 24.4 Å². The number of nitrogens with one attached hydrogen (secondary N) is 2. The van der Waals surface area contributed by atoms with E-state index in [-0.39, 0.29) is 5.41 Å². The minimum absolute atomic E-state index is 0.349. The molecule has 2 amide bonds. The van der Waals surface area contributed by atoms with Crippen LogP contribution in [0, 0.1) is 12.7 Å². The summed E-state index contributed by atoms with van der Waals surface area (Å²) < 4.78 is 17.5. The van der Waals surface area contributed by atoms with Crippen molar-refractivity contribution in [2.24, 2.45) is 7.05 Å². The lowest BCUT2D eigenvalue weighted by atomic mass is 9.69. The highest BCUT2D eigenvalue weighted by molar-refractivity contribution is 5.91. The van der Waals surface area contributed by atoms with Gasteiger partial charge in [-0.3, -0.25) is 10.00 Å². The molecule has 2 aromatic heterocycles. The van der Waals surface area contributed by atoms with Crippen LogP contribution in [0.2, 0.25) is 0 Å². The first kappa shape index (κ1) is 23.7. The Hall–Kier alpha value is -3.98. The molecule has 2 atom stereocenters. The number of rotatable bonds is 4. The Morgan fingerprint density at radius 2 is 1.94 bits per heavy atom. The summed E-state index contributed by atoms with van der Waals surface area (Å²) in [6, 6.07) is 12.8. The zero-order chi connectivity index (χ0) is 25.6. The summed E-state index contributed by atoms with van der Waals surface area (Å²) in [6.07, 6.45) is 3.15. The second-order valence-corrected chi connectivity index (χ2v) is 9.94. The number of aromatic nitrogens is 4. The van der Waals surface area contributed by atoms with Crippen molar-refractivity contribution >= 4 is 11.8 Å². The maximum absolute atomic E-state index is 14.2. The lowest BCUT2D eigenvalue weighted by Gasteiger charge is -2.40. The minimum atomic E-state index is -0.869. The normalized spacial score (nSPS) is 18.5. The van der Waals surface area contributed by atoms with Gasteiger partial charge in [-0.15, -0.1) is 0 Å². The molecule has 0 fully saturated rings. The fourth-order valence-electron chi connectivity index (χ4n) is 5.04. The second-order valence-electron chi connectivity index (χ2n) is 9.94. The second kappa shape index (κ2) is 8.91. The van der Waals surface area contributed by atoms with Crippen LogP contribution in [0.25, 0.3) is 16.9 Å². The molecule has 0 radical (unpaired) electrons. The quantitative estimate of drug-likeness (QED) is 0.390. The molecule has 1 aliphatic rings. The summed E-state index contributed by atoms with van der Waals surface area (Å²) in [5.74, 6) is 0.0765. The molecule has 36 heavy (non-hydrogen) atoms. The fourth-order valence-corrected chi connectivity index (χ4v) is 5.04. The average Bonchev–Trinajstić information content (AvgIpc) is 3.40. The number of hydrogen-bond acceptors (Lipinski definition) is 4. The predicted octanol–water partition coefficient (Wildman–Crippen LogP) is 4.63. The molecule has 2 heterocycles. The van der Waals surface area contributed by atoms with E-state index < -0.39 is 24.0 Å². The highest BCUT2D eigenvalue weighted by Crippen LogP contribution is 2.42. The van der Waals surface area contributed by atoms with Gasteiger partial charge in [-0.1, -0.05) is 38.1 Å². The van der Waals surface area contributed by atoms with Crippen molar-refractivity contribution < 1.29 is 14.3 Å². The fraction of sp³-hybridized carbons (Fsp3) is 0.296. The van der Waals surface area contributed by atoms with Crippen LogP contribution in [0.15, 0.2) is 60.9 Å². The molecule has 0 bridgehead atoms. The first-order chi connectivity index (χ1) is 17.1. The number of carbonyl (C=O) groups is 1. The van der Waals surface area contributed by atoms with Crippen molar-refractivity contribution in [3.8, 4) is 16.9 Å². The summed E-state index contributed by atoms with van der Waals surface area (Å²) >= 11 is 0. The lowest BCUT2D eigenvalue weighted by molar-refractivity contribution is 0.0881. The molecule has 9 heteroatoms. The molecular formula is C27H29FN6O2. The van der Waals surface area contributed by atoms with Crippen molar-refractivity contribution in [1.29, 1.82) is 0 Å². The molecule has 2 unspecified atom stereocenters. The van der Waals surface area contributed by atoms with Crippen molar-refractivity contribution in [1.82, 2.24) is 24.9 Å². The first-order valence-corrected chi connectivity index (χ1v) is 11.8. The van der Waals surface area contributed by atoms with E-state index in [1.54, 1.807) is 21.6 Å². The van der Waals surface area contributed by atoms with Crippen LogP contribution in [-0.2, 0) is 12.5 Å². The van der Waals surface area contributed by atoms with E-state index in [0.717, 1.165) is 22.4 Å². The van der Waals surface area contributed by atoms with Crippen molar-refractivity contribution in [3.63, 3.8) is 0 Å². The number of para-hydroxylation sites is 1. The highest BCUT2D eigenvalue weighted by atomic mass is 19.1. The molecule has 8 nitrogen and oxygen atoms in total. The number of urea groups is 1. The summed E-state index contributed by atoms with van der Waals surface area (Å²) in [4.78, 5) is 13.3. The number of fused-ring (bicyclic) bond motifs is 1. The molecule has 0 aliphatic heterocycles. The molecule has 5 rings (SSSR count). The SMILES string of the molecule is Cc1c(-c2cnn(C)c2)nn(-c2ccccc2)c1NC(=O)NC1c2cc(F)ccc2C(C)(C)CC1O. The Labute approximate surface area is 208 Å². The summed E-state index contributed by atoms with van der Waals surface area (Å²) in [7, 11) is 1.83. The van der Waals surface area contributed by atoms with Gasteiger partial charge in [-0.05, 0) is 54.2 Å². The third-order valence-corrected chi connectivity index (χ3v) is 6.80. The molecule has 3 N–H and O–H groups in total. The van der Waals surface area contributed by atoms with Gasteiger partial charge in [0.25, 0.3) is 0 Å². The number of carbonyl (C=O) groups excluding carboxylic acids is 1. The zero-order valence-corrected chi connectivity index (χ0v) is 20.7. The summed E-state index contributed by atoms with van der Waals surface area (Å²) in [6.45, 7) is 5.89. The molecule has 2 aromatic carbocycles. The largest absolute Gasteiger partial charge is 0.391 e. The number of aryl methyl sites for hydroxylation is 1. The van der Waals surface area contributed by atoms with Crippen LogP contribution < -0.4 is 10.6 Å². The van der Waals surface area contributed by atoms with Crippen molar-refractivity contribution in [2.75, 3.05) is 5.32 Å². The van der Waals surface area contributed by atoms with Gasteiger partial charge in [0.2, 0.25) is 0 Å². The van der Waals surface area contributed by atoms with E-state index in [9.17, 15) is 14.3 Å². The molecule has 4 aromatic rings. The number of nitrogens with zero attached hydrogens (tertiary/aromatic N) is 4. The maximum Gasteiger partial charge on any atom is 0.320 e. The standard InChI is InChI=1S/C27H29FN6O2/c1-16-23(17-14-29-33(4)15-17)32-34(19-8-6-5-7-9-19)25(16)31-26(36)30-24-20-12-18(28)10-11-21(20)27(2,3)13-22(24)35/h5-12,14-15,22,24,35H,13H2,1-4H3,(H2,30,31,36). The van der Waals surface area contributed by atoms with E-state index in [4.69, 9.17) is 5.10 Å². The number of amides is 2. The molecule has 1 aliphatic carbocycles. The van der Waals surface area contributed by atoms with E-state index >= 15 is 0 Å². The number of aliphatic hydroxyl groups excluding tert-OH is 1. The molecule has 186 valence electrons. The van der Waals surface area contributed by atoms with Gasteiger partial charge in [0.15, 0.2) is 0 Å². The lowest BCUT2D eigenvalue weighted by Crippen LogP contribution is -2.45. The smallest absolute Gasteiger partial charge is 0.320 e. The van der Waals surface area contributed by atoms with Crippen molar-refractivity contribution in [2.45, 2.75) is 44.8 Å². The van der Waals surface area contributed by atoms with Crippen LogP contribution in [0.5, 0.6) is 0 Å². The number of anilines is 1. The van der Waals surface area contributed by atoms with E-state index in [1.165, 1.54) is 12.1 Å². The van der Waals surface area contributed by atoms with Gasteiger partial charge >= 0.3 is 6.03 Å². The maximum atomic E-state index is 14.2. The van der Waals surface area contributed by atoms with Crippen LogP contribution in [0.1, 0.15) is 43.0 Å². The summed E-state index contributed by atoms with van der Waals surface area (Å²) in [5.41, 5.74) is 4.19. The number of hydrogen-bond donors (Lipinski definition) is 3. The Balaban J connectivity index is 1.49. The topological polar surface area (TPSA) is 97.0 Å².